The molecule has 0 atom stereocenters. The molecule has 1 aromatic carbocycles. The lowest BCUT2D eigenvalue weighted by Gasteiger charge is -2.09. The Hall–Kier alpha value is -2.31. The predicted octanol–water partition coefficient (Wildman–Crippen LogP) is 2.70. The number of aromatic nitrogens is 1. The lowest BCUT2D eigenvalue weighted by molar-refractivity contribution is -0.384. The topological polar surface area (TPSA) is 74.5 Å². The molecule has 0 spiro atoms. The van der Waals surface area contributed by atoms with E-state index in [4.69, 9.17) is 9.47 Å². The van der Waals surface area contributed by atoms with Gasteiger partial charge < -0.3 is 9.47 Å². The second kappa shape index (κ2) is 5.36. The molecule has 0 aliphatic carbocycles. The van der Waals surface area contributed by atoms with E-state index in [9.17, 15) is 10.1 Å². The SMILES string of the molecule is O=[N+]([O-])c1cccc(-c2cccc(C3OCCO3)n2)c1. The van der Waals surface area contributed by atoms with Gasteiger partial charge in [-0.3, -0.25) is 10.1 Å². The highest BCUT2D eigenvalue weighted by Crippen LogP contribution is 2.26. The smallest absolute Gasteiger partial charge is 0.270 e. The Morgan fingerprint density at radius 3 is 2.65 bits per heavy atom. The van der Waals surface area contributed by atoms with Crippen molar-refractivity contribution in [2.45, 2.75) is 6.29 Å². The summed E-state index contributed by atoms with van der Waals surface area (Å²) in [4.78, 5) is 14.8. The van der Waals surface area contributed by atoms with Crippen molar-refractivity contribution in [3.8, 4) is 11.3 Å². The van der Waals surface area contributed by atoms with Crippen molar-refractivity contribution in [1.29, 1.82) is 0 Å². The summed E-state index contributed by atoms with van der Waals surface area (Å²) < 4.78 is 10.8. The molecule has 0 unspecified atom stereocenters. The van der Waals surface area contributed by atoms with Crippen LogP contribution in [-0.2, 0) is 9.47 Å². The monoisotopic (exact) mass is 272 g/mol. The van der Waals surface area contributed by atoms with Crippen LogP contribution in [0, 0.1) is 10.1 Å². The van der Waals surface area contributed by atoms with Crippen molar-refractivity contribution < 1.29 is 14.4 Å². The van der Waals surface area contributed by atoms with E-state index in [1.165, 1.54) is 12.1 Å². The molecule has 102 valence electrons. The number of non-ortho nitro benzene ring substituents is 1. The summed E-state index contributed by atoms with van der Waals surface area (Å²) in [5.74, 6) is 0. The summed E-state index contributed by atoms with van der Waals surface area (Å²) in [6.07, 6.45) is -0.450. The molecule has 0 radical (unpaired) electrons. The van der Waals surface area contributed by atoms with Crippen LogP contribution in [-0.4, -0.2) is 23.1 Å². The van der Waals surface area contributed by atoms with Gasteiger partial charge in [0.15, 0.2) is 0 Å². The minimum Gasteiger partial charge on any atom is -0.345 e. The van der Waals surface area contributed by atoms with Crippen molar-refractivity contribution in [1.82, 2.24) is 4.98 Å². The second-order valence-corrected chi connectivity index (χ2v) is 4.33. The summed E-state index contributed by atoms with van der Waals surface area (Å²) >= 11 is 0. The van der Waals surface area contributed by atoms with Crippen LogP contribution in [0.5, 0.6) is 0 Å². The highest BCUT2D eigenvalue weighted by atomic mass is 16.7. The molecule has 1 fully saturated rings. The maximum atomic E-state index is 10.8. The Kier molecular flexibility index (Phi) is 3.41. The summed E-state index contributed by atoms with van der Waals surface area (Å²) in [6.45, 7) is 1.10. The molecule has 20 heavy (non-hydrogen) atoms. The van der Waals surface area contributed by atoms with Crippen LogP contribution in [0.1, 0.15) is 12.0 Å². The number of nitrogens with zero attached hydrogens (tertiary/aromatic N) is 2. The molecule has 1 aliphatic heterocycles. The summed E-state index contributed by atoms with van der Waals surface area (Å²) in [7, 11) is 0. The fourth-order valence-electron chi connectivity index (χ4n) is 2.05. The number of benzene rings is 1. The average Bonchev–Trinajstić information content (AvgIpc) is 3.02. The van der Waals surface area contributed by atoms with Gasteiger partial charge in [-0.05, 0) is 12.1 Å². The number of hydrogen-bond acceptors (Lipinski definition) is 5. The van der Waals surface area contributed by atoms with Gasteiger partial charge in [0.1, 0.15) is 0 Å². The number of pyridine rings is 1. The Balaban J connectivity index is 1.95. The molecule has 0 N–H and O–H groups in total. The Bertz CT molecular complexity index is 639. The van der Waals surface area contributed by atoms with Crippen LogP contribution in [0.15, 0.2) is 42.5 Å². The van der Waals surface area contributed by atoms with E-state index in [0.717, 1.165) is 0 Å². The van der Waals surface area contributed by atoms with Gasteiger partial charge in [0.05, 0.1) is 29.5 Å². The van der Waals surface area contributed by atoms with Gasteiger partial charge in [-0.2, -0.15) is 0 Å². The molecular formula is C14H12N2O4. The third kappa shape index (κ3) is 2.52. The number of hydrogen-bond donors (Lipinski definition) is 0. The third-order valence-electron chi connectivity index (χ3n) is 2.99. The van der Waals surface area contributed by atoms with Crippen LogP contribution in [0.2, 0.25) is 0 Å². The third-order valence-corrected chi connectivity index (χ3v) is 2.99. The fraction of sp³-hybridized carbons (Fsp3) is 0.214. The lowest BCUT2D eigenvalue weighted by atomic mass is 10.1. The Morgan fingerprint density at radius 1 is 1.15 bits per heavy atom. The van der Waals surface area contributed by atoms with E-state index in [0.29, 0.717) is 30.2 Å². The number of rotatable bonds is 3. The predicted molar refractivity (Wildman–Crippen MR) is 71.0 cm³/mol. The van der Waals surface area contributed by atoms with Crippen LogP contribution < -0.4 is 0 Å². The molecule has 3 rings (SSSR count). The van der Waals surface area contributed by atoms with Crippen molar-refractivity contribution in [3.05, 3.63) is 58.3 Å². The summed E-state index contributed by atoms with van der Waals surface area (Å²) in [5.41, 5.74) is 2.07. The van der Waals surface area contributed by atoms with Crippen LogP contribution in [0.3, 0.4) is 0 Å². The Labute approximate surface area is 115 Å². The van der Waals surface area contributed by atoms with Crippen LogP contribution in [0.4, 0.5) is 5.69 Å². The second-order valence-electron chi connectivity index (χ2n) is 4.33. The van der Waals surface area contributed by atoms with Crippen molar-refractivity contribution >= 4 is 5.69 Å². The molecule has 0 amide bonds. The highest BCUT2D eigenvalue weighted by Gasteiger charge is 2.20. The largest absolute Gasteiger partial charge is 0.345 e. The molecule has 1 aliphatic rings. The van der Waals surface area contributed by atoms with Gasteiger partial charge in [-0.25, -0.2) is 4.98 Å². The first-order valence-corrected chi connectivity index (χ1v) is 6.19. The molecule has 0 saturated carbocycles. The van der Waals surface area contributed by atoms with Crippen molar-refractivity contribution in [3.63, 3.8) is 0 Å². The van der Waals surface area contributed by atoms with E-state index < -0.39 is 11.2 Å². The molecule has 0 bridgehead atoms. The van der Waals surface area contributed by atoms with E-state index >= 15 is 0 Å². The molecule has 2 aromatic rings. The first-order chi connectivity index (χ1) is 9.74. The van der Waals surface area contributed by atoms with E-state index in [1.807, 2.05) is 12.1 Å². The lowest BCUT2D eigenvalue weighted by Crippen LogP contribution is -2.01. The number of nitro benzene ring substituents is 1. The molecule has 1 aromatic heterocycles. The first kappa shape index (κ1) is 12.7. The van der Waals surface area contributed by atoms with Gasteiger partial charge in [0, 0.05) is 17.7 Å². The maximum Gasteiger partial charge on any atom is 0.270 e. The van der Waals surface area contributed by atoms with Crippen LogP contribution >= 0.6 is 0 Å². The molecular weight excluding hydrogens is 260 g/mol. The maximum absolute atomic E-state index is 10.8. The van der Waals surface area contributed by atoms with Gasteiger partial charge in [0.25, 0.3) is 5.69 Å². The normalized spacial score (nSPS) is 15.4. The summed E-state index contributed by atoms with van der Waals surface area (Å²) in [6, 6.07) is 11.8. The number of nitro groups is 1. The average molecular weight is 272 g/mol. The molecule has 2 heterocycles. The fourth-order valence-corrected chi connectivity index (χ4v) is 2.05. The van der Waals surface area contributed by atoms with Crippen LogP contribution in [0.25, 0.3) is 11.3 Å². The van der Waals surface area contributed by atoms with E-state index in [1.54, 1.807) is 18.2 Å². The standard InChI is InChI=1S/C14H12N2O4/c17-16(18)11-4-1-3-10(9-11)12-5-2-6-13(15-12)14-19-7-8-20-14/h1-6,9,14H,7-8H2. The van der Waals surface area contributed by atoms with E-state index in [2.05, 4.69) is 4.98 Å². The van der Waals surface area contributed by atoms with Gasteiger partial charge in [0.2, 0.25) is 6.29 Å². The minimum atomic E-state index is -0.450. The molecule has 1 saturated heterocycles. The number of ether oxygens (including phenoxy) is 2. The quantitative estimate of drug-likeness (QED) is 0.634. The van der Waals surface area contributed by atoms with Crippen molar-refractivity contribution in [2.75, 3.05) is 13.2 Å². The zero-order valence-corrected chi connectivity index (χ0v) is 10.6. The highest BCUT2D eigenvalue weighted by molar-refractivity contribution is 5.62. The van der Waals surface area contributed by atoms with Gasteiger partial charge in [-0.15, -0.1) is 0 Å². The zero-order valence-electron chi connectivity index (χ0n) is 10.6. The first-order valence-electron chi connectivity index (χ1n) is 6.19. The summed E-state index contributed by atoms with van der Waals surface area (Å²) in [5, 5.41) is 10.8. The Morgan fingerprint density at radius 2 is 1.90 bits per heavy atom. The molecule has 6 heteroatoms. The van der Waals surface area contributed by atoms with Gasteiger partial charge in [-0.1, -0.05) is 18.2 Å². The molecule has 6 nitrogen and oxygen atoms in total. The van der Waals surface area contributed by atoms with Crippen molar-refractivity contribution in [2.24, 2.45) is 0 Å². The van der Waals surface area contributed by atoms with E-state index in [-0.39, 0.29) is 5.69 Å². The minimum absolute atomic E-state index is 0.0445. The zero-order chi connectivity index (χ0) is 13.9. The van der Waals surface area contributed by atoms with Gasteiger partial charge >= 0.3 is 0 Å².